The van der Waals surface area contributed by atoms with Gasteiger partial charge >= 0.3 is 6.18 Å². The fourth-order valence-electron chi connectivity index (χ4n) is 4.93. The molecular formula is C26H24ClF5N6O4S. The largest absolute Gasteiger partial charge is 0.435 e. The van der Waals surface area contributed by atoms with Gasteiger partial charge in [-0.15, -0.1) is 11.8 Å². The first kappa shape index (κ1) is 31.3. The first-order valence-electron chi connectivity index (χ1n) is 12.6. The number of aromatic nitrogens is 4. The summed E-state index contributed by atoms with van der Waals surface area (Å²) in [5, 5.41) is 25.8. The van der Waals surface area contributed by atoms with E-state index in [1.165, 1.54) is 19.1 Å². The van der Waals surface area contributed by atoms with Crippen LogP contribution in [-0.2, 0) is 15.7 Å². The van der Waals surface area contributed by atoms with Crippen LogP contribution in [0.3, 0.4) is 0 Å². The molecule has 0 radical (unpaired) electrons. The highest BCUT2D eigenvalue weighted by atomic mass is 35.5. The number of halogens is 6. The van der Waals surface area contributed by atoms with Crippen molar-refractivity contribution < 1.29 is 41.6 Å². The van der Waals surface area contributed by atoms with Crippen LogP contribution in [0, 0.1) is 18.6 Å². The van der Waals surface area contributed by atoms with Gasteiger partial charge in [0.05, 0.1) is 17.3 Å². The fourth-order valence-corrected chi connectivity index (χ4v) is 5.46. The highest BCUT2D eigenvalue weighted by molar-refractivity contribution is 7.98. The van der Waals surface area contributed by atoms with Crippen LogP contribution < -0.4 is 5.73 Å². The molecule has 2 aliphatic heterocycles. The van der Waals surface area contributed by atoms with Gasteiger partial charge in [-0.2, -0.15) is 18.3 Å². The number of aliphatic hydroxyl groups is 2. The van der Waals surface area contributed by atoms with Gasteiger partial charge in [-0.1, -0.05) is 11.6 Å². The fraction of sp³-hybridized carbons (Fsp3) is 0.385. The Morgan fingerprint density at radius 2 is 1.98 bits per heavy atom. The number of fused-ring (bicyclic) bond motifs is 1. The Balaban J connectivity index is 1.57. The third-order valence-corrected chi connectivity index (χ3v) is 7.93. The van der Waals surface area contributed by atoms with Gasteiger partial charge in [0.15, 0.2) is 23.2 Å². The number of thioether (sulfide) groups is 1. The van der Waals surface area contributed by atoms with Crippen molar-refractivity contribution >= 4 is 35.2 Å². The monoisotopic (exact) mass is 646 g/mol. The number of rotatable bonds is 6. The van der Waals surface area contributed by atoms with Gasteiger partial charge in [-0.05, 0) is 31.4 Å². The molecule has 17 heteroatoms. The Bertz CT molecular complexity index is 1590. The smallest absolute Gasteiger partial charge is 0.404 e. The van der Waals surface area contributed by atoms with E-state index in [1.807, 2.05) is 0 Å². The van der Waals surface area contributed by atoms with Gasteiger partial charge in [0.25, 0.3) is 0 Å². The van der Waals surface area contributed by atoms with Crippen LogP contribution in [0.2, 0.25) is 5.02 Å². The number of ether oxygens (including phenoxy) is 2. The topological polar surface area (TPSA) is 141 Å². The van der Waals surface area contributed by atoms with E-state index in [1.54, 1.807) is 6.26 Å². The Morgan fingerprint density at radius 1 is 1.23 bits per heavy atom. The molecule has 6 atom stereocenters. The lowest BCUT2D eigenvalue weighted by molar-refractivity contribution is -0.178. The zero-order chi connectivity index (χ0) is 31.2. The van der Waals surface area contributed by atoms with Crippen LogP contribution >= 0.6 is 23.4 Å². The summed E-state index contributed by atoms with van der Waals surface area (Å²) in [4.78, 5) is 12.6. The number of hydrogen-bond acceptors (Lipinski definition) is 10. The molecular weight excluding hydrogens is 623 g/mol. The average molecular weight is 647 g/mol. The minimum absolute atomic E-state index is 0.0625. The van der Waals surface area contributed by atoms with Gasteiger partial charge in [-0.3, -0.25) is 4.99 Å². The molecule has 230 valence electrons. The Morgan fingerprint density at radius 3 is 2.65 bits per heavy atom. The van der Waals surface area contributed by atoms with E-state index in [0.29, 0.717) is 4.90 Å². The SMILES string of the molecule is CSc1cnc(C(F)(F)F)c(-n2nc(C)nc2C2OC3C(O)CO[C@@H]3C(N=C/C(=C\N)c3ccc(Cl)c(F)c3F)C2O)c1. The number of aliphatic hydroxyl groups excluding tert-OH is 2. The van der Waals surface area contributed by atoms with E-state index in [9.17, 15) is 32.2 Å². The van der Waals surface area contributed by atoms with Crippen molar-refractivity contribution in [1.82, 2.24) is 19.7 Å². The molecule has 0 aliphatic carbocycles. The van der Waals surface area contributed by atoms with Crippen molar-refractivity contribution in [3.05, 3.63) is 70.2 Å². The summed E-state index contributed by atoms with van der Waals surface area (Å²) < 4.78 is 83.2. The summed E-state index contributed by atoms with van der Waals surface area (Å²) in [5.74, 6) is -2.73. The summed E-state index contributed by atoms with van der Waals surface area (Å²) in [6.07, 6.45) is -6.46. The molecule has 5 rings (SSSR count). The quantitative estimate of drug-likeness (QED) is 0.158. The number of hydrogen-bond donors (Lipinski definition) is 3. The predicted molar refractivity (Wildman–Crippen MR) is 146 cm³/mol. The number of nitrogens with zero attached hydrogens (tertiary/aromatic N) is 5. The average Bonchev–Trinajstić information content (AvgIpc) is 3.54. The number of pyridine rings is 1. The van der Waals surface area contributed by atoms with E-state index >= 15 is 0 Å². The van der Waals surface area contributed by atoms with Gasteiger partial charge in [0, 0.05) is 34.6 Å². The Kier molecular flexibility index (Phi) is 8.79. The summed E-state index contributed by atoms with van der Waals surface area (Å²) in [7, 11) is 0. The molecule has 0 bridgehead atoms. The summed E-state index contributed by atoms with van der Waals surface area (Å²) in [5.41, 5.74) is 3.62. The number of aliphatic imine (C=N–C) groups is 1. The molecule has 2 aliphatic rings. The van der Waals surface area contributed by atoms with E-state index in [2.05, 4.69) is 20.1 Å². The van der Waals surface area contributed by atoms with Crippen molar-refractivity contribution in [2.24, 2.45) is 10.7 Å². The Hall–Kier alpha value is -3.15. The molecule has 1 aromatic carbocycles. The maximum atomic E-state index is 14.6. The summed E-state index contributed by atoms with van der Waals surface area (Å²) >= 11 is 6.80. The Labute approximate surface area is 250 Å². The summed E-state index contributed by atoms with van der Waals surface area (Å²) in [6, 6.07) is 2.33. The van der Waals surface area contributed by atoms with Crippen LogP contribution in [0.15, 0.2) is 40.5 Å². The van der Waals surface area contributed by atoms with Crippen molar-refractivity contribution in [2.75, 3.05) is 12.9 Å². The minimum Gasteiger partial charge on any atom is -0.404 e. The lowest BCUT2D eigenvalue weighted by atomic mass is 9.91. The first-order chi connectivity index (χ1) is 20.3. The molecule has 43 heavy (non-hydrogen) atoms. The number of nitrogens with two attached hydrogens (primary N) is 1. The van der Waals surface area contributed by atoms with E-state index < -0.39 is 70.8 Å². The zero-order valence-electron chi connectivity index (χ0n) is 22.3. The zero-order valence-corrected chi connectivity index (χ0v) is 23.9. The van der Waals surface area contributed by atoms with E-state index in [4.69, 9.17) is 26.8 Å². The molecule has 3 aromatic rings. The maximum Gasteiger partial charge on any atom is 0.435 e. The normalized spacial score (nSPS) is 26.3. The highest BCUT2D eigenvalue weighted by Gasteiger charge is 2.53. The van der Waals surface area contributed by atoms with E-state index in [0.717, 1.165) is 41.1 Å². The highest BCUT2D eigenvalue weighted by Crippen LogP contribution is 2.41. The van der Waals surface area contributed by atoms with Gasteiger partial charge < -0.3 is 25.4 Å². The molecule has 2 aromatic heterocycles. The second kappa shape index (κ2) is 12.1. The van der Waals surface area contributed by atoms with Crippen molar-refractivity contribution in [2.45, 2.75) is 54.6 Å². The lowest BCUT2D eigenvalue weighted by Crippen LogP contribution is -2.54. The predicted octanol–water partition coefficient (Wildman–Crippen LogP) is 3.64. The second-order valence-corrected chi connectivity index (χ2v) is 10.9. The number of alkyl halides is 3. The number of allylic oxidation sites excluding steroid dienone is 1. The molecule has 4 heterocycles. The molecule has 0 spiro atoms. The molecule has 10 nitrogen and oxygen atoms in total. The van der Waals surface area contributed by atoms with Crippen LogP contribution in [0.1, 0.15) is 29.0 Å². The maximum absolute atomic E-state index is 14.6. The van der Waals surface area contributed by atoms with E-state index in [-0.39, 0.29) is 29.4 Å². The molecule has 5 unspecified atom stereocenters. The lowest BCUT2D eigenvalue weighted by Gasteiger charge is -2.40. The molecule has 0 amide bonds. The summed E-state index contributed by atoms with van der Waals surface area (Å²) in [6.45, 7) is 1.25. The van der Waals surface area contributed by atoms with Crippen molar-refractivity contribution in [3.8, 4) is 5.69 Å². The van der Waals surface area contributed by atoms with Crippen molar-refractivity contribution in [3.63, 3.8) is 0 Å². The molecule has 2 saturated heterocycles. The third kappa shape index (κ3) is 5.86. The van der Waals surface area contributed by atoms with Gasteiger partial charge in [0.2, 0.25) is 0 Å². The second-order valence-electron chi connectivity index (χ2n) is 9.66. The standard InChI is InChI=1S/C26H24ClF5N6O4S/c1-10-36-25(38(37-10)15-5-12(43-2)8-35-24(15)26(30,31)32)23-20(40)19(22-21(42-23)16(39)9-41-22)34-7-11(6-33)13-3-4-14(27)18(29)17(13)28/h3-8,16,19-23,39-40H,9,33H2,1-2H3/b11-6+,34-7?/t16?,19?,20?,21?,22-,23?/m1/s1. The van der Waals surface area contributed by atoms with Gasteiger partial charge in [0.1, 0.15) is 42.4 Å². The first-order valence-corrected chi connectivity index (χ1v) is 14.2. The third-order valence-electron chi connectivity index (χ3n) is 6.94. The number of benzene rings is 1. The van der Waals surface area contributed by atoms with Crippen LogP contribution in [0.4, 0.5) is 22.0 Å². The molecule has 0 saturated carbocycles. The van der Waals surface area contributed by atoms with Crippen LogP contribution in [0.25, 0.3) is 11.3 Å². The molecule has 4 N–H and O–H groups in total. The van der Waals surface area contributed by atoms with Crippen LogP contribution in [0.5, 0.6) is 0 Å². The minimum atomic E-state index is -4.86. The molecule has 2 fully saturated rings. The number of aryl methyl sites for hydroxylation is 1. The van der Waals surface area contributed by atoms with Crippen LogP contribution in [-0.4, -0.2) is 79.5 Å². The van der Waals surface area contributed by atoms with Gasteiger partial charge in [-0.25, -0.2) is 23.4 Å². The van der Waals surface area contributed by atoms with Crippen molar-refractivity contribution in [1.29, 1.82) is 0 Å².